The lowest BCUT2D eigenvalue weighted by molar-refractivity contribution is 0.509. The fraction of sp³-hybridized carbons (Fsp3) is 0. The maximum absolute atomic E-state index is 10.8. The molecule has 0 heterocycles. The zero-order valence-corrected chi connectivity index (χ0v) is 6.97. The van der Waals surface area contributed by atoms with Crippen LogP contribution in [-0.4, -0.2) is 8.42 Å². The molecule has 11 heavy (non-hydrogen) atoms. The van der Waals surface area contributed by atoms with Gasteiger partial charge in [0.05, 0.1) is 16.8 Å². The number of benzene rings is 1. The first-order valence-electron chi connectivity index (χ1n) is 2.77. The molecule has 0 aromatic heterocycles. The van der Waals surface area contributed by atoms with Gasteiger partial charge in [0.15, 0.2) is 0 Å². The third-order valence-corrected chi connectivity index (χ3v) is 2.63. The van der Waals surface area contributed by atoms with Crippen LogP contribution in [-0.2, 0) is 13.9 Å². The van der Waals surface area contributed by atoms with Gasteiger partial charge in [-0.05, 0) is 12.1 Å². The average Bonchev–Trinajstić information content (AvgIpc) is 2.06. The van der Waals surface area contributed by atoms with Crippen molar-refractivity contribution in [3.63, 3.8) is 0 Å². The van der Waals surface area contributed by atoms with Crippen molar-refractivity contribution in [3.8, 4) is 0 Å². The van der Waals surface area contributed by atoms with Crippen LogP contribution >= 0.6 is 11.9 Å². The fourth-order valence-electron chi connectivity index (χ4n) is 0.624. The second-order valence-electron chi connectivity index (χ2n) is 1.83. The van der Waals surface area contributed by atoms with E-state index in [1.54, 1.807) is 18.2 Å². The van der Waals surface area contributed by atoms with E-state index < -0.39 is 10.1 Å². The van der Waals surface area contributed by atoms with Crippen molar-refractivity contribution in [1.29, 1.82) is 0 Å². The van der Waals surface area contributed by atoms with E-state index in [4.69, 9.17) is 11.9 Å². The summed E-state index contributed by atoms with van der Waals surface area (Å²) in [5.41, 5.74) is 0. The second kappa shape index (κ2) is 3.21. The Bertz CT molecular complexity index is 319. The van der Waals surface area contributed by atoms with Crippen molar-refractivity contribution < 1.29 is 12.2 Å². The predicted octanol–water partition coefficient (Wildman–Crippen LogP) is 1.55. The lowest BCUT2D eigenvalue weighted by atomic mass is 10.4. The molecule has 0 amide bonds. The van der Waals surface area contributed by atoms with Crippen LogP contribution in [0, 0.1) is 0 Å². The molecular weight excluding hydrogens is 188 g/mol. The molecule has 0 bridgehead atoms. The summed E-state index contributed by atoms with van der Waals surface area (Å²) < 4.78 is 25.5. The molecule has 0 radical (unpaired) electrons. The highest BCUT2D eigenvalue weighted by Crippen LogP contribution is 2.11. The topological polar surface area (TPSA) is 43.4 Å². The Morgan fingerprint density at radius 3 is 2.18 bits per heavy atom. The van der Waals surface area contributed by atoms with E-state index in [0.717, 1.165) is 0 Å². The number of hydrogen-bond donors (Lipinski definition) is 0. The van der Waals surface area contributed by atoms with Gasteiger partial charge in [-0.1, -0.05) is 18.2 Å². The minimum absolute atomic E-state index is 0.0509. The summed E-state index contributed by atoms with van der Waals surface area (Å²) in [4.78, 5) is 0.0509. The minimum Gasteiger partial charge on any atom is -0.193 e. The molecule has 0 saturated heterocycles. The summed E-state index contributed by atoms with van der Waals surface area (Å²) >= 11 is 4.74. The predicted molar refractivity (Wildman–Crippen MR) is 40.6 cm³/mol. The van der Waals surface area contributed by atoms with E-state index in [9.17, 15) is 8.42 Å². The van der Waals surface area contributed by atoms with E-state index in [2.05, 4.69) is 3.74 Å². The third-order valence-electron chi connectivity index (χ3n) is 1.11. The normalized spacial score (nSPS) is 11.4. The van der Waals surface area contributed by atoms with Gasteiger partial charge in [0.25, 0.3) is 0 Å². The van der Waals surface area contributed by atoms with Crippen LogP contribution < -0.4 is 0 Å². The summed E-state index contributed by atoms with van der Waals surface area (Å²) in [5.74, 6) is 0. The smallest absolute Gasteiger partial charge is 0.193 e. The molecule has 0 atom stereocenters. The van der Waals surface area contributed by atoms with Gasteiger partial charge in [0.2, 0.25) is 0 Å². The van der Waals surface area contributed by atoms with E-state index in [-0.39, 0.29) is 4.90 Å². The Labute approximate surface area is 69.9 Å². The zero-order chi connectivity index (χ0) is 8.32. The zero-order valence-electron chi connectivity index (χ0n) is 5.40. The van der Waals surface area contributed by atoms with Gasteiger partial charge in [0.1, 0.15) is 0 Å². The van der Waals surface area contributed by atoms with Gasteiger partial charge < -0.3 is 0 Å². The second-order valence-corrected chi connectivity index (χ2v) is 3.71. The Hall–Kier alpha value is -0.580. The van der Waals surface area contributed by atoms with E-state index in [1.807, 2.05) is 0 Å². The molecule has 60 valence electrons. The van der Waals surface area contributed by atoms with Gasteiger partial charge in [0, 0.05) is 0 Å². The molecule has 0 aliphatic rings. The van der Waals surface area contributed by atoms with Crippen LogP contribution in [0.5, 0.6) is 0 Å². The van der Waals surface area contributed by atoms with E-state index in [0.29, 0.717) is 0 Å². The molecule has 1 aromatic carbocycles. The summed E-state index contributed by atoms with van der Waals surface area (Å²) in [6, 6.07) is 7.67. The van der Waals surface area contributed by atoms with Crippen molar-refractivity contribution in [2.75, 3.05) is 0 Å². The standard InChI is InChI=1S/C6H5ClO3S/c7-10-11(8,9)6-4-2-1-3-5-6/h1-5H. The number of rotatable bonds is 2. The molecule has 1 aromatic rings. The van der Waals surface area contributed by atoms with Gasteiger partial charge in [-0.2, -0.15) is 12.2 Å². The van der Waals surface area contributed by atoms with Crippen molar-refractivity contribution in [1.82, 2.24) is 0 Å². The molecule has 0 fully saturated rings. The van der Waals surface area contributed by atoms with E-state index in [1.165, 1.54) is 12.1 Å². The molecule has 0 spiro atoms. The van der Waals surface area contributed by atoms with Crippen LogP contribution in [0.1, 0.15) is 0 Å². The van der Waals surface area contributed by atoms with Crippen molar-refractivity contribution in [3.05, 3.63) is 30.3 Å². The molecule has 5 heteroatoms. The molecule has 0 N–H and O–H groups in total. The highest BCUT2D eigenvalue weighted by molar-refractivity contribution is 7.87. The van der Waals surface area contributed by atoms with Crippen LogP contribution in [0.3, 0.4) is 0 Å². The SMILES string of the molecule is O=S(=O)(OCl)c1ccccc1. The molecule has 0 aliphatic heterocycles. The summed E-state index contributed by atoms with van der Waals surface area (Å²) in [5, 5.41) is 0. The van der Waals surface area contributed by atoms with E-state index >= 15 is 0 Å². The quantitative estimate of drug-likeness (QED) is 0.714. The lowest BCUT2D eigenvalue weighted by Crippen LogP contribution is -1.98. The van der Waals surface area contributed by atoms with Crippen molar-refractivity contribution in [2.24, 2.45) is 0 Å². The minimum atomic E-state index is -3.73. The Morgan fingerprint density at radius 2 is 1.73 bits per heavy atom. The summed E-state index contributed by atoms with van der Waals surface area (Å²) in [7, 11) is -3.73. The molecule has 0 saturated carbocycles. The summed E-state index contributed by atoms with van der Waals surface area (Å²) in [6.45, 7) is 0. The average molecular weight is 193 g/mol. The third kappa shape index (κ3) is 1.92. The highest BCUT2D eigenvalue weighted by atomic mass is 35.5. The van der Waals surface area contributed by atoms with Crippen LogP contribution in [0.15, 0.2) is 35.2 Å². The van der Waals surface area contributed by atoms with Crippen molar-refractivity contribution >= 4 is 22.0 Å². The monoisotopic (exact) mass is 192 g/mol. The van der Waals surface area contributed by atoms with Crippen LogP contribution in [0.25, 0.3) is 0 Å². The summed E-state index contributed by atoms with van der Waals surface area (Å²) in [6.07, 6.45) is 0. The van der Waals surface area contributed by atoms with Crippen molar-refractivity contribution in [2.45, 2.75) is 4.90 Å². The van der Waals surface area contributed by atoms with Gasteiger partial charge >= 0.3 is 10.1 Å². The molecule has 3 nitrogen and oxygen atoms in total. The first kappa shape index (κ1) is 8.52. The fourth-order valence-corrected chi connectivity index (χ4v) is 1.40. The largest absolute Gasteiger partial charge is 0.312 e. The van der Waals surface area contributed by atoms with Gasteiger partial charge in [-0.15, -0.1) is 0 Å². The Balaban J connectivity index is 3.14. The highest BCUT2D eigenvalue weighted by Gasteiger charge is 2.12. The number of hydrogen-bond acceptors (Lipinski definition) is 3. The first-order chi connectivity index (χ1) is 5.17. The molecule has 1 rings (SSSR count). The Kier molecular flexibility index (Phi) is 2.49. The molecule has 0 unspecified atom stereocenters. The molecular formula is C6H5ClO3S. The lowest BCUT2D eigenvalue weighted by Gasteiger charge is -1.95. The van der Waals surface area contributed by atoms with Gasteiger partial charge in [-0.25, -0.2) is 0 Å². The Morgan fingerprint density at radius 1 is 1.18 bits per heavy atom. The maximum Gasteiger partial charge on any atom is 0.312 e. The van der Waals surface area contributed by atoms with Gasteiger partial charge in [-0.3, -0.25) is 0 Å². The first-order valence-corrected chi connectivity index (χ1v) is 4.49. The van der Waals surface area contributed by atoms with Crippen LogP contribution in [0.2, 0.25) is 0 Å². The van der Waals surface area contributed by atoms with Crippen LogP contribution in [0.4, 0.5) is 0 Å². The maximum atomic E-state index is 10.8. The molecule has 0 aliphatic carbocycles. The number of halogens is 1.